The van der Waals surface area contributed by atoms with E-state index >= 15 is 0 Å². The highest BCUT2D eigenvalue weighted by atomic mass is 16.2. The number of hydrogen-bond acceptors (Lipinski definition) is 5. The van der Waals surface area contributed by atoms with Gasteiger partial charge in [-0.1, -0.05) is 30.3 Å². The van der Waals surface area contributed by atoms with Crippen molar-refractivity contribution in [2.45, 2.75) is 26.8 Å². The van der Waals surface area contributed by atoms with E-state index in [0.29, 0.717) is 13.1 Å². The highest BCUT2D eigenvalue weighted by Gasteiger charge is 2.34. The number of nitrogens with one attached hydrogen (secondary N) is 1. The number of carbonyl (C=O) groups is 1. The quantitative estimate of drug-likeness (QED) is 0.741. The summed E-state index contributed by atoms with van der Waals surface area (Å²) in [4.78, 5) is 23.3. The van der Waals surface area contributed by atoms with Crippen molar-refractivity contribution in [3.05, 3.63) is 65.7 Å². The molecule has 7 heteroatoms. The van der Waals surface area contributed by atoms with Gasteiger partial charge in [-0.2, -0.15) is 5.10 Å². The van der Waals surface area contributed by atoms with Crippen LogP contribution in [-0.4, -0.2) is 38.7 Å². The van der Waals surface area contributed by atoms with Gasteiger partial charge < -0.3 is 10.2 Å². The van der Waals surface area contributed by atoms with Crippen LogP contribution in [0.4, 0.5) is 5.82 Å². The average molecular weight is 376 g/mol. The molecule has 28 heavy (non-hydrogen) atoms. The maximum Gasteiger partial charge on any atom is 0.227 e. The third-order valence-electron chi connectivity index (χ3n) is 5.10. The Balaban J connectivity index is 1.38. The van der Waals surface area contributed by atoms with E-state index in [1.54, 1.807) is 6.33 Å². The van der Waals surface area contributed by atoms with E-state index in [4.69, 9.17) is 0 Å². The van der Waals surface area contributed by atoms with Gasteiger partial charge in [0.05, 0.1) is 17.7 Å². The summed E-state index contributed by atoms with van der Waals surface area (Å²) in [5, 5.41) is 7.58. The number of carbonyl (C=O) groups excluding carboxylic acids is 1. The lowest BCUT2D eigenvalue weighted by Gasteiger charge is -2.39. The summed E-state index contributed by atoms with van der Waals surface area (Å²) in [6.45, 7) is 7.27. The zero-order valence-electron chi connectivity index (χ0n) is 16.3. The van der Waals surface area contributed by atoms with Crippen molar-refractivity contribution >= 4 is 11.7 Å². The van der Waals surface area contributed by atoms with Gasteiger partial charge in [0.15, 0.2) is 5.82 Å². The van der Waals surface area contributed by atoms with Crippen LogP contribution < -0.4 is 10.2 Å². The first kappa shape index (κ1) is 18.2. The summed E-state index contributed by atoms with van der Waals surface area (Å²) in [5.74, 6) is 1.61. The second kappa shape index (κ2) is 7.42. The van der Waals surface area contributed by atoms with E-state index in [2.05, 4.69) is 25.3 Å². The molecule has 0 bridgehead atoms. The number of aryl methyl sites for hydroxylation is 2. The Morgan fingerprint density at radius 1 is 1.11 bits per heavy atom. The minimum atomic E-state index is -0.0294. The van der Waals surface area contributed by atoms with Crippen molar-refractivity contribution in [3.8, 4) is 5.82 Å². The molecular formula is C21H24N6O. The summed E-state index contributed by atoms with van der Waals surface area (Å²) in [7, 11) is 0. The van der Waals surface area contributed by atoms with E-state index in [1.807, 2.05) is 67.9 Å². The van der Waals surface area contributed by atoms with Gasteiger partial charge in [0.1, 0.15) is 12.1 Å². The second-order valence-electron chi connectivity index (χ2n) is 7.32. The molecule has 0 unspecified atom stereocenters. The van der Waals surface area contributed by atoms with Crippen LogP contribution in [-0.2, 0) is 4.79 Å². The largest absolute Gasteiger partial charge is 0.355 e. The van der Waals surface area contributed by atoms with Gasteiger partial charge in [0.2, 0.25) is 5.91 Å². The summed E-state index contributed by atoms with van der Waals surface area (Å²) < 4.78 is 1.81. The van der Waals surface area contributed by atoms with Gasteiger partial charge in [-0.05, 0) is 32.4 Å². The van der Waals surface area contributed by atoms with Gasteiger partial charge in [0, 0.05) is 24.8 Å². The average Bonchev–Trinajstić information content (AvgIpc) is 2.99. The Bertz CT molecular complexity index is 978. The van der Waals surface area contributed by atoms with Crippen LogP contribution in [0.5, 0.6) is 0 Å². The molecule has 1 aromatic carbocycles. The zero-order valence-corrected chi connectivity index (χ0v) is 16.3. The molecule has 1 aliphatic rings. The van der Waals surface area contributed by atoms with Crippen LogP contribution in [0.25, 0.3) is 5.82 Å². The lowest BCUT2D eigenvalue weighted by molar-refractivity contribution is -0.126. The van der Waals surface area contributed by atoms with Gasteiger partial charge >= 0.3 is 0 Å². The van der Waals surface area contributed by atoms with Crippen molar-refractivity contribution in [3.63, 3.8) is 0 Å². The standard InChI is InChI=1S/C21H24N6O/c1-14-9-15(2)27(25-14)20-10-19(22-13-23-20)26-11-18(12-26)21(28)24-16(3)17-7-5-4-6-8-17/h4-10,13,16,18H,11-12H2,1-3H3,(H,24,28)/t16-/m0/s1. The molecule has 1 saturated heterocycles. The van der Waals surface area contributed by atoms with Crippen LogP contribution in [0.15, 0.2) is 48.8 Å². The highest BCUT2D eigenvalue weighted by molar-refractivity contribution is 5.82. The molecule has 0 spiro atoms. The number of anilines is 1. The molecular weight excluding hydrogens is 352 g/mol. The predicted octanol–water partition coefficient (Wildman–Crippen LogP) is 2.59. The fourth-order valence-corrected chi connectivity index (χ4v) is 3.47. The number of amides is 1. The molecule has 2 aromatic heterocycles. The summed E-state index contributed by atoms with van der Waals surface area (Å²) >= 11 is 0. The number of hydrogen-bond donors (Lipinski definition) is 1. The van der Waals surface area contributed by atoms with Crippen molar-refractivity contribution in [2.75, 3.05) is 18.0 Å². The van der Waals surface area contributed by atoms with Crippen LogP contribution in [0.1, 0.15) is 29.9 Å². The van der Waals surface area contributed by atoms with E-state index in [1.165, 1.54) is 0 Å². The fourth-order valence-electron chi connectivity index (χ4n) is 3.47. The van der Waals surface area contributed by atoms with Crippen LogP contribution >= 0.6 is 0 Å². The van der Waals surface area contributed by atoms with Crippen LogP contribution in [0, 0.1) is 19.8 Å². The van der Waals surface area contributed by atoms with Crippen LogP contribution in [0.2, 0.25) is 0 Å². The number of rotatable bonds is 5. The first-order chi connectivity index (χ1) is 13.5. The molecule has 0 saturated carbocycles. The number of aromatic nitrogens is 4. The van der Waals surface area contributed by atoms with Crippen molar-refractivity contribution in [1.29, 1.82) is 0 Å². The second-order valence-corrected chi connectivity index (χ2v) is 7.32. The van der Waals surface area contributed by atoms with E-state index in [9.17, 15) is 4.79 Å². The minimum absolute atomic E-state index is 0.000525. The molecule has 3 heterocycles. The van der Waals surface area contributed by atoms with Gasteiger partial charge in [-0.25, -0.2) is 14.6 Å². The van der Waals surface area contributed by atoms with Crippen molar-refractivity contribution in [2.24, 2.45) is 5.92 Å². The van der Waals surface area contributed by atoms with Gasteiger partial charge in [0.25, 0.3) is 0 Å². The Hall–Kier alpha value is -3.22. The Kier molecular flexibility index (Phi) is 4.81. The normalized spacial score (nSPS) is 15.2. The monoisotopic (exact) mass is 376 g/mol. The fraction of sp³-hybridized carbons (Fsp3) is 0.333. The third kappa shape index (κ3) is 3.60. The molecule has 1 amide bonds. The van der Waals surface area contributed by atoms with Crippen molar-refractivity contribution in [1.82, 2.24) is 25.1 Å². The van der Waals surface area contributed by atoms with E-state index in [-0.39, 0.29) is 17.9 Å². The zero-order chi connectivity index (χ0) is 19.7. The molecule has 4 rings (SSSR count). The molecule has 1 fully saturated rings. The first-order valence-electron chi connectivity index (χ1n) is 9.47. The lowest BCUT2D eigenvalue weighted by Crippen LogP contribution is -2.54. The van der Waals surface area contributed by atoms with E-state index < -0.39 is 0 Å². The van der Waals surface area contributed by atoms with Crippen LogP contribution in [0.3, 0.4) is 0 Å². The number of nitrogens with zero attached hydrogens (tertiary/aromatic N) is 5. The molecule has 1 N–H and O–H groups in total. The number of benzene rings is 1. The summed E-state index contributed by atoms with van der Waals surface area (Å²) in [5.41, 5.74) is 3.08. The molecule has 7 nitrogen and oxygen atoms in total. The Morgan fingerprint density at radius 2 is 1.82 bits per heavy atom. The molecule has 0 radical (unpaired) electrons. The topological polar surface area (TPSA) is 75.9 Å². The summed E-state index contributed by atoms with van der Waals surface area (Å²) in [6, 6.07) is 13.9. The minimum Gasteiger partial charge on any atom is -0.355 e. The molecule has 1 atom stereocenters. The maximum absolute atomic E-state index is 12.5. The molecule has 3 aromatic rings. The third-order valence-corrected chi connectivity index (χ3v) is 5.10. The highest BCUT2D eigenvalue weighted by Crippen LogP contribution is 2.25. The Morgan fingerprint density at radius 3 is 2.50 bits per heavy atom. The predicted molar refractivity (Wildman–Crippen MR) is 107 cm³/mol. The summed E-state index contributed by atoms with van der Waals surface area (Å²) in [6.07, 6.45) is 1.55. The maximum atomic E-state index is 12.5. The van der Waals surface area contributed by atoms with Gasteiger partial charge in [-0.15, -0.1) is 0 Å². The van der Waals surface area contributed by atoms with E-state index in [0.717, 1.165) is 28.6 Å². The van der Waals surface area contributed by atoms with Gasteiger partial charge in [-0.3, -0.25) is 4.79 Å². The lowest BCUT2D eigenvalue weighted by atomic mass is 9.98. The molecule has 144 valence electrons. The van der Waals surface area contributed by atoms with Crippen molar-refractivity contribution < 1.29 is 4.79 Å². The molecule has 1 aliphatic heterocycles. The first-order valence-corrected chi connectivity index (χ1v) is 9.47. The SMILES string of the molecule is Cc1cc(C)n(-c2cc(N3CC(C(=O)N[C@@H](C)c4ccccc4)C3)ncn2)n1. The Labute approximate surface area is 164 Å². The molecule has 0 aliphatic carbocycles. The smallest absolute Gasteiger partial charge is 0.227 e.